The fourth-order valence-electron chi connectivity index (χ4n) is 3.14. The minimum Gasteiger partial charge on any atom is -0.465 e. The molecule has 0 unspecified atom stereocenters. The smallest absolute Gasteiger partial charge is 0.350 e. The third-order valence-corrected chi connectivity index (χ3v) is 6.44. The van der Waals surface area contributed by atoms with Crippen LogP contribution in [0.2, 0.25) is 0 Å². The van der Waals surface area contributed by atoms with Crippen molar-refractivity contribution < 1.29 is 23.5 Å². The van der Waals surface area contributed by atoms with Crippen LogP contribution in [0.5, 0.6) is 0 Å². The fourth-order valence-corrected chi connectivity index (χ4v) is 4.65. The summed E-state index contributed by atoms with van der Waals surface area (Å²) in [6.45, 7) is 2.38. The van der Waals surface area contributed by atoms with Crippen molar-refractivity contribution in [2.24, 2.45) is 0 Å². The monoisotopic (exact) mass is 477 g/mol. The van der Waals surface area contributed by atoms with Crippen LogP contribution in [-0.2, 0) is 14.3 Å². The molecular formula is C20H20FN5O4S2. The summed E-state index contributed by atoms with van der Waals surface area (Å²) in [4.78, 5) is 26.7. The molecule has 4 rings (SSSR count). The van der Waals surface area contributed by atoms with Gasteiger partial charge in [-0.3, -0.25) is 9.36 Å². The zero-order chi connectivity index (χ0) is 22.5. The lowest BCUT2D eigenvalue weighted by atomic mass is 10.3. The zero-order valence-electron chi connectivity index (χ0n) is 17.1. The molecule has 1 N–H and O–H groups in total. The molecule has 1 saturated heterocycles. The van der Waals surface area contributed by atoms with Crippen molar-refractivity contribution in [2.45, 2.75) is 5.16 Å². The summed E-state index contributed by atoms with van der Waals surface area (Å²) < 4.78 is 25.8. The van der Waals surface area contributed by atoms with Crippen LogP contribution in [0.4, 0.5) is 16.0 Å². The van der Waals surface area contributed by atoms with E-state index in [2.05, 4.69) is 15.5 Å². The molecular weight excluding hydrogens is 457 g/mol. The maximum Gasteiger partial charge on any atom is 0.350 e. The highest BCUT2D eigenvalue weighted by molar-refractivity contribution is 7.99. The van der Waals surface area contributed by atoms with Crippen LogP contribution in [0.1, 0.15) is 9.67 Å². The van der Waals surface area contributed by atoms with Gasteiger partial charge in [0.15, 0.2) is 5.16 Å². The second-order valence-electron chi connectivity index (χ2n) is 6.69. The summed E-state index contributed by atoms with van der Waals surface area (Å²) in [6.07, 6.45) is 0. The van der Waals surface area contributed by atoms with Gasteiger partial charge in [0.1, 0.15) is 10.7 Å². The highest BCUT2D eigenvalue weighted by Gasteiger charge is 2.23. The number of hydrogen-bond donors (Lipinski definition) is 1. The van der Waals surface area contributed by atoms with Gasteiger partial charge in [-0.05, 0) is 29.6 Å². The Labute approximate surface area is 191 Å². The predicted octanol–water partition coefficient (Wildman–Crippen LogP) is 2.82. The Morgan fingerprint density at radius 3 is 2.84 bits per heavy atom. The van der Waals surface area contributed by atoms with E-state index in [1.54, 1.807) is 28.1 Å². The van der Waals surface area contributed by atoms with Gasteiger partial charge in [0.2, 0.25) is 11.9 Å². The second kappa shape index (κ2) is 10.1. The minimum absolute atomic E-state index is 0.0209. The first-order valence-electron chi connectivity index (χ1n) is 9.69. The fraction of sp³-hybridized carbons (Fsp3) is 0.300. The maximum atomic E-state index is 13.9. The van der Waals surface area contributed by atoms with Crippen LogP contribution >= 0.6 is 23.1 Å². The quantitative estimate of drug-likeness (QED) is 0.410. The van der Waals surface area contributed by atoms with E-state index in [-0.39, 0.29) is 17.5 Å². The van der Waals surface area contributed by atoms with E-state index in [1.165, 1.54) is 42.3 Å². The molecule has 3 heterocycles. The van der Waals surface area contributed by atoms with Gasteiger partial charge in [-0.1, -0.05) is 17.8 Å². The number of benzene rings is 1. The Kier molecular flexibility index (Phi) is 7.02. The number of thiophene rings is 1. The first-order chi connectivity index (χ1) is 15.6. The summed E-state index contributed by atoms with van der Waals surface area (Å²) in [5, 5.41) is 13.4. The molecule has 3 aromatic rings. The number of thioether (sulfide) groups is 1. The molecule has 1 amide bonds. The van der Waals surface area contributed by atoms with Crippen molar-refractivity contribution in [1.82, 2.24) is 14.8 Å². The third-order valence-electron chi connectivity index (χ3n) is 4.62. The van der Waals surface area contributed by atoms with Gasteiger partial charge in [0.05, 0.1) is 37.5 Å². The summed E-state index contributed by atoms with van der Waals surface area (Å²) >= 11 is 2.35. The minimum atomic E-state index is -0.510. The summed E-state index contributed by atoms with van der Waals surface area (Å²) in [6, 6.07) is 7.77. The Morgan fingerprint density at radius 1 is 1.28 bits per heavy atom. The molecule has 1 fully saturated rings. The number of morpholine rings is 1. The molecule has 0 saturated carbocycles. The van der Waals surface area contributed by atoms with Crippen molar-refractivity contribution >= 4 is 46.6 Å². The number of methoxy groups -OCH3 is 1. The van der Waals surface area contributed by atoms with Gasteiger partial charge in [0, 0.05) is 13.1 Å². The van der Waals surface area contributed by atoms with E-state index in [1.807, 2.05) is 4.90 Å². The third kappa shape index (κ3) is 4.92. The van der Waals surface area contributed by atoms with Gasteiger partial charge < -0.3 is 19.7 Å². The lowest BCUT2D eigenvalue weighted by Crippen LogP contribution is -2.37. The van der Waals surface area contributed by atoms with Crippen LogP contribution in [-0.4, -0.2) is 65.8 Å². The van der Waals surface area contributed by atoms with Crippen molar-refractivity contribution in [3.8, 4) is 5.69 Å². The van der Waals surface area contributed by atoms with Crippen LogP contribution in [0, 0.1) is 5.82 Å². The Morgan fingerprint density at radius 2 is 2.09 bits per heavy atom. The van der Waals surface area contributed by atoms with Crippen molar-refractivity contribution in [3.63, 3.8) is 0 Å². The highest BCUT2D eigenvalue weighted by atomic mass is 32.2. The zero-order valence-corrected chi connectivity index (χ0v) is 18.7. The van der Waals surface area contributed by atoms with E-state index in [4.69, 9.17) is 9.47 Å². The molecule has 0 aliphatic carbocycles. The number of esters is 1. The van der Waals surface area contributed by atoms with Crippen molar-refractivity contribution in [2.75, 3.05) is 49.4 Å². The van der Waals surface area contributed by atoms with E-state index in [9.17, 15) is 14.0 Å². The van der Waals surface area contributed by atoms with E-state index in [0.29, 0.717) is 53.7 Å². The summed E-state index contributed by atoms with van der Waals surface area (Å²) in [5.41, 5.74) is 0.957. The maximum absolute atomic E-state index is 13.9. The lowest BCUT2D eigenvalue weighted by Gasteiger charge is -2.27. The van der Waals surface area contributed by atoms with Gasteiger partial charge in [0.25, 0.3) is 0 Å². The molecule has 1 aliphatic heterocycles. The van der Waals surface area contributed by atoms with Crippen molar-refractivity contribution in [1.29, 1.82) is 0 Å². The first kappa shape index (κ1) is 22.2. The number of halogens is 1. The van der Waals surface area contributed by atoms with Gasteiger partial charge in [-0.2, -0.15) is 0 Å². The normalized spacial score (nSPS) is 13.8. The van der Waals surface area contributed by atoms with E-state index >= 15 is 0 Å². The number of hydrogen-bond acceptors (Lipinski definition) is 9. The molecule has 0 spiro atoms. The Hall–Kier alpha value is -2.96. The number of carbonyl (C=O) groups excluding carboxylic acids is 2. The molecule has 1 aliphatic rings. The average molecular weight is 478 g/mol. The van der Waals surface area contributed by atoms with Crippen LogP contribution < -0.4 is 10.2 Å². The SMILES string of the molecule is COC(=O)c1sccc1NC(=O)CSc1nnc(N2CCOCC2)n1-c1cccc(F)c1. The molecule has 0 atom stereocenters. The molecule has 2 aromatic heterocycles. The van der Waals surface area contributed by atoms with Crippen molar-refractivity contribution in [3.05, 3.63) is 46.4 Å². The number of amides is 1. The topological polar surface area (TPSA) is 98.6 Å². The van der Waals surface area contributed by atoms with E-state index in [0.717, 1.165) is 0 Å². The summed E-state index contributed by atoms with van der Waals surface area (Å²) in [7, 11) is 1.29. The molecule has 9 nitrogen and oxygen atoms in total. The average Bonchev–Trinajstić information content (AvgIpc) is 3.45. The van der Waals surface area contributed by atoms with Crippen LogP contribution in [0.25, 0.3) is 5.69 Å². The molecule has 12 heteroatoms. The summed E-state index contributed by atoms with van der Waals surface area (Å²) in [5.74, 6) is -0.630. The standard InChI is InChI=1S/C20H20FN5O4S2/c1-29-18(28)17-15(5-10-31-17)22-16(27)12-32-20-24-23-19(25-6-8-30-9-7-25)26(20)14-4-2-3-13(21)11-14/h2-5,10-11H,6-9,12H2,1H3,(H,22,27). The Bertz CT molecular complexity index is 1110. The van der Waals surface area contributed by atoms with Crippen LogP contribution in [0.15, 0.2) is 40.9 Å². The number of nitrogens with one attached hydrogen (secondary N) is 1. The number of rotatable bonds is 7. The number of carbonyl (C=O) groups is 2. The largest absolute Gasteiger partial charge is 0.465 e. The number of ether oxygens (including phenoxy) is 2. The van der Waals surface area contributed by atoms with Crippen LogP contribution in [0.3, 0.4) is 0 Å². The molecule has 32 heavy (non-hydrogen) atoms. The second-order valence-corrected chi connectivity index (χ2v) is 8.55. The molecule has 0 bridgehead atoms. The highest BCUT2D eigenvalue weighted by Crippen LogP contribution is 2.28. The van der Waals surface area contributed by atoms with Gasteiger partial charge in [-0.15, -0.1) is 21.5 Å². The first-order valence-corrected chi connectivity index (χ1v) is 11.6. The number of anilines is 2. The number of aromatic nitrogens is 3. The lowest BCUT2D eigenvalue weighted by molar-refractivity contribution is -0.113. The van der Waals surface area contributed by atoms with Gasteiger partial charge >= 0.3 is 5.97 Å². The predicted molar refractivity (Wildman–Crippen MR) is 119 cm³/mol. The number of nitrogens with zero attached hydrogens (tertiary/aromatic N) is 4. The van der Waals surface area contributed by atoms with E-state index < -0.39 is 5.97 Å². The van der Waals surface area contributed by atoms with Gasteiger partial charge in [-0.25, -0.2) is 9.18 Å². The molecule has 168 valence electrons. The molecule has 1 aromatic carbocycles. The Balaban J connectivity index is 1.53. The molecule has 0 radical (unpaired) electrons.